The minimum atomic E-state index is -0.412. The summed E-state index contributed by atoms with van der Waals surface area (Å²) in [5, 5.41) is 6.40. The molecule has 0 saturated heterocycles. The number of esters is 1. The van der Waals surface area contributed by atoms with Crippen LogP contribution in [0.3, 0.4) is 0 Å². The van der Waals surface area contributed by atoms with E-state index >= 15 is 0 Å². The molecular formula is C10H11N3O3. The lowest BCUT2D eigenvalue weighted by Gasteiger charge is -1.99. The SMILES string of the molecule is C#CCC(=O)Nc1cnn(CC(=O)OC)c1. The van der Waals surface area contributed by atoms with Gasteiger partial charge in [-0.3, -0.25) is 14.3 Å². The summed E-state index contributed by atoms with van der Waals surface area (Å²) in [6.45, 7) is 0.00150. The molecule has 1 heterocycles. The smallest absolute Gasteiger partial charge is 0.327 e. The lowest BCUT2D eigenvalue weighted by Crippen LogP contribution is -2.12. The largest absolute Gasteiger partial charge is 0.468 e. The van der Waals surface area contributed by atoms with Crippen molar-refractivity contribution < 1.29 is 14.3 Å². The Balaban J connectivity index is 2.55. The fourth-order valence-electron chi connectivity index (χ4n) is 1.01. The second kappa shape index (κ2) is 5.56. The van der Waals surface area contributed by atoms with Crippen LogP contribution in [0.15, 0.2) is 12.4 Å². The van der Waals surface area contributed by atoms with Crippen LogP contribution in [0, 0.1) is 12.3 Å². The number of carbonyl (C=O) groups excluding carboxylic acids is 2. The molecule has 0 spiro atoms. The number of terminal acetylenes is 1. The van der Waals surface area contributed by atoms with E-state index in [1.54, 1.807) is 0 Å². The molecule has 0 radical (unpaired) electrons. The Bertz CT molecular complexity index is 431. The molecule has 0 aliphatic heterocycles. The van der Waals surface area contributed by atoms with Crippen LogP contribution in [-0.4, -0.2) is 28.8 Å². The summed E-state index contributed by atoms with van der Waals surface area (Å²) in [4.78, 5) is 22.0. The zero-order valence-corrected chi connectivity index (χ0v) is 8.77. The Kier molecular flexibility index (Phi) is 4.09. The van der Waals surface area contributed by atoms with Crippen molar-refractivity contribution in [2.75, 3.05) is 12.4 Å². The molecule has 6 heteroatoms. The third-order valence-corrected chi connectivity index (χ3v) is 1.70. The van der Waals surface area contributed by atoms with Gasteiger partial charge in [-0.2, -0.15) is 5.10 Å². The first-order valence-corrected chi connectivity index (χ1v) is 4.48. The molecule has 0 saturated carbocycles. The Morgan fingerprint density at radius 1 is 1.69 bits per heavy atom. The van der Waals surface area contributed by atoms with Crippen molar-refractivity contribution in [3.05, 3.63) is 12.4 Å². The zero-order valence-electron chi connectivity index (χ0n) is 8.77. The highest BCUT2D eigenvalue weighted by molar-refractivity contribution is 5.91. The van der Waals surface area contributed by atoms with Crippen LogP contribution >= 0.6 is 0 Å². The maximum Gasteiger partial charge on any atom is 0.327 e. The van der Waals surface area contributed by atoms with Crippen LogP contribution in [0.2, 0.25) is 0 Å². The standard InChI is InChI=1S/C10H11N3O3/c1-3-4-9(14)12-8-5-11-13(6-8)7-10(15)16-2/h1,5-6H,4,7H2,2H3,(H,12,14). The van der Waals surface area contributed by atoms with E-state index in [0.29, 0.717) is 5.69 Å². The van der Waals surface area contributed by atoms with Crippen LogP contribution in [0.5, 0.6) is 0 Å². The number of nitrogens with zero attached hydrogens (tertiary/aromatic N) is 2. The molecule has 0 fully saturated rings. The van der Waals surface area contributed by atoms with Crippen molar-refractivity contribution >= 4 is 17.6 Å². The van der Waals surface area contributed by atoms with Crippen molar-refractivity contribution in [2.24, 2.45) is 0 Å². The molecule has 0 aromatic carbocycles. The quantitative estimate of drug-likeness (QED) is 0.574. The van der Waals surface area contributed by atoms with E-state index in [0.717, 1.165) is 0 Å². The molecule has 84 valence electrons. The van der Waals surface area contributed by atoms with Crippen molar-refractivity contribution in [3.8, 4) is 12.3 Å². The first kappa shape index (κ1) is 11.8. The fraction of sp³-hybridized carbons (Fsp3) is 0.300. The molecule has 1 N–H and O–H groups in total. The van der Waals surface area contributed by atoms with Gasteiger partial charge in [0, 0.05) is 6.20 Å². The number of rotatable bonds is 4. The Hall–Kier alpha value is -2.29. The van der Waals surface area contributed by atoms with E-state index in [1.165, 1.54) is 24.2 Å². The average Bonchev–Trinajstić information content (AvgIpc) is 2.65. The van der Waals surface area contributed by atoms with Crippen molar-refractivity contribution in [2.45, 2.75) is 13.0 Å². The van der Waals surface area contributed by atoms with Gasteiger partial charge in [-0.05, 0) is 0 Å². The van der Waals surface area contributed by atoms with E-state index in [2.05, 4.69) is 21.1 Å². The monoisotopic (exact) mass is 221 g/mol. The second-order valence-corrected chi connectivity index (χ2v) is 2.93. The zero-order chi connectivity index (χ0) is 12.0. The van der Waals surface area contributed by atoms with E-state index < -0.39 is 5.97 Å². The predicted molar refractivity (Wildman–Crippen MR) is 56.3 cm³/mol. The molecule has 1 aromatic heterocycles. The number of hydrogen-bond donors (Lipinski definition) is 1. The number of methoxy groups -OCH3 is 1. The Labute approximate surface area is 92.6 Å². The number of amides is 1. The van der Waals surface area contributed by atoms with Crippen molar-refractivity contribution in [1.29, 1.82) is 0 Å². The third kappa shape index (κ3) is 3.46. The highest BCUT2D eigenvalue weighted by atomic mass is 16.5. The highest BCUT2D eigenvalue weighted by Crippen LogP contribution is 2.05. The van der Waals surface area contributed by atoms with Gasteiger partial charge in [0.2, 0.25) is 5.91 Å². The lowest BCUT2D eigenvalue weighted by atomic mass is 10.4. The third-order valence-electron chi connectivity index (χ3n) is 1.70. The lowest BCUT2D eigenvalue weighted by molar-refractivity contribution is -0.141. The number of carbonyl (C=O) groups is 2. The molecule has 0 aliphatic rings. The van der Waals surface area contributed by atoms with E-state index in [9.17, 15) is 9.59 Å². The van der Waals surface area contributed by atoms with Gasteiger partial charge in [-0.15, -0.1) is 6.42 Å². The molecule has 6 nitrogen and oxygen atoms in total. The number of anilines is 1. The summed E-state index contributed by atoms with van der Waals surface area (Å²) in [5.41, 5.74) is 0.490. The average molecular weight is 221 g/mol. The number of nitrogens with one attached hydrogen (secondary N) is 1. The van der Waals surface area contributed by atoms with Gasteiger partial charge in [0.05, 0.1) is 25.4 Å². The van der Waals surface area contributed by atoms with Gasteiger partial charge < -0.3 is 10.1 Å². The van der Waals surface area contributed by atoms with Crippen LogP contribution in [0.4, 0.5) is 5.69 Å². The van der Waals surface area contributed by atoms with Crippen molar-refractivity contribution in [1.82, 2.24) is 9.78 Å². The topological polar surface area (TPSA) is 73.2 Å². The summed E-state index contributed by atoms with van der Waals surface area (Å²) < 4.78 is 5.83. The molecule has 16 heavy (non-hydrogen) atoms. The Morgan fingerprint density at radius 3 is 3.06 bits per heavy atom. The van der Waals surface area contributed by atoms with Gasteiger partial charge in [-0.25, -0.2) is 0 Å². The summed E-state index contributed by atoms with van der Waals surface area (Å²) in [6, 6.07) is 0. The molecule has 0 aliphatic carbocycles. The summed E-state index contributed by atoms with van der Waals surface area (Å²) >= 11 is 0. The summed E-state index contributed by atoms with van der Waals surface area (Å²) in [5.74, 6) is 1.52. The molecule has 1 rings (SSSR count). The molecule has 0 bridgehead atoms. The maximum atomic E-state index is 11.1. The highest BCUT2D eigenvalue weighted by Gasteiger charge is 2.06. The minimum Gasteiger partial charge on any atom is -0.468 e. The minimum absolute atomic E-state index is 0.00150. The Morgan fingerprint density at radius 2 is 2.44 bits per heavy atom. The number of ether oxygens (including phenoxy) is 1. The van der Waals surface area contributed by atoms with E-state index in [1.807, 2.05) is 0 Å². The van der Waals surface area contributed by atoms with Gasteiger partial charge in [0.1, 0.15) is 6.54 Å². The van der Waals surface area contributed by atoms with Gasteiger partial charge >= 0.3 is 5.97 Å². The first-order valence-electron chi connectivity index (χ1n) is 4.48. The maximum absolute atomic E-state index is 11.1. The summed E-state index contributed by atoms with van der Waals surface area (Å²) in [7, 11) is 1.29. The van der Waals surface area contributed by atoms with Gasteiger partial charge in [0.25, 0.3) is 0 Å². The normalized spacial score (nSPS) is 9.25. The number of aromatic nitrogens is 2. The van der Waals surface area contributed by atoms with Crippen LogP contribution in [0.1, 0.15) is 6.42 Å². The van der Waals surface area contributed by atoms with Crippen molar-refractivity contribution in [3.63, 3.8) is 0 Å². The first-order chi connectivity index (χ1) is 7.65. The summed E-state index contributed by atoms with van der Waals surface area (Å²) in [6.07, 6.45) is 7.93. The second-order valence-electron chi connectivity index (χ2n) is 2.93. The molecular weight excluding hydrogens is 210 g/mol. The van der Waals surface area contributed by atoms with E-state index in [-0.39, 0.29) is 18.9 Å². The van der Waals surface area contributed by atoms with Crippen LogP contribution in [-0.2, 0) is 20.9 Å². The van der Waals surface area contributed by atoms with Crippen LogP contribution in [0.25, 0.3) is 0 Å². The molecule has 0 atom stereocenters. The fourth-order valence-corrected chi connectivity index (χ4v) is 1.01. The van der Waals surface area contributed by atoms with E-state index in [4.69, 9.17) is 6.42 Å². The van der Waals surface area contributed by atoms with Gasteiger partial charge in [-0.1, -0.05) is 5.92 Å². The molecule has 1 aromatic rings. The van der Waals surface area contributed by atoms with Gasteiger partial charge in [0.15, 0.2) is 0 Å². The van der Waals surface area contributed by atoms with Crippen LogP contribution < -0.4 is 5.32 Å². The number of hydrogen-bond acceptors (Lipinski definition) is 4. The molecule has 0 unspecified atom stereocenters. The molecule has 1 amide bonds. The predicted octanol–water partition coefficient (Wildman–Crippen LogP) is 0.0179.